The quantitative estimate of drug-likeness (QED) is 0.627. The molecule has 0 aliphatic carbocycles. The van der Waals surface area contributed by atoms with Crippen molar-refractivity contribution in [3.05, 3.63) is 57.6 Å². The lowest BCUT2D eigenvalue weighted by Gasteiger charge is -2.35. The largest absolute Gasteiger partial charge is 0.508 e. The first-order chi connectivity index (χ1) is 12.3. The minimum absolute atomic E-state index is 0.105. The zero-order chi connectivity index (χ0) is 18.9. The van der Waals surface area contributed by atoms with Gasteiger partial charge >= 0.3 is 0 Å². The number of nitro benzene ring substituents is 1. The third-order valence-electron chi connectivity index (χ3n) is 4.21. The molecule has 8 nitrogen and oxygen atoms in total. The number of hydrogen-bond donors (Lipinski definition) is 1. The van der Waals surface area contributed by atoms with Crippen LogP contribution in [0.5, 0.6) is 5.75 Å². The summed E-state index contributed by atoms with van der Waals surface area (Å²) in [6.07, 6.45) is 0. The van der Waals surface area contributed by atoms with Gasteiger partial charge in [0, 0.05) is 37.9 Å². The number of anilines is 1. The fraction of sp³-hybridized carbons (Fsp3) is 0.250. The molecule has 1 aliphatic rings. The van der Waals surface area contributed by atoms with Crippen LogP contribution in [0.1, 0.15) is 0 Å². The number of halogens is 1. The summed E-state index contributed by atoms with van der Waals surface area (Å²) in [5.41, 5.74) is 0.456. The average Bonchev–Trinajstić information content (AvgIpc) is 2.62. The molecule has 0 spiro atoms. The summed E-state index contributed by atoms with van der Waals surface area (Å²) < 4.78 is 26.8. The molecule has 2 aromatic rings. The molecule has 10 heteroatoms. The number of nitro groups is 1. The van der Waals surface area contributed by atoms with Crippen LogP contribution < -0.4 is 4.90 Å². The Morgan fingerprint density at radius 2 is 1.65 bits per heavy atom. The van der Waals surface area contributed by atoms with E-state index >= 15 is 0 Å². The molecule has 26 heavy (non-hydrogen) atoms. The summed E-state index contributed by atoms with van der Waals surface area (Å²) in [5, 5.41) is 20.2. The van der Waals surface area contributed by atoms with Crippen molar-refractivity contribution in [1.29, 1.82) is 0 Å². The van der Waals surface area contributed by atoms with Crippen molar-refractivity contribution in [1.82, 2.24) is 4.31 Å². The maximum atomic E-state index is 12.8. The van der Waals surface area contributed by atoms with E-state index in [9.17, 15) is 23.6 Å². The predicted molar refractivity (Wildman–Crippen MR) is 97.2 cm³/mol. The summed E-state index contributed by atoms with van der Waals surface area (Å²) in [4.78, 5) is 12.1. The summed E-state index contributed by atoms with van der Waals surface area (Å²) in [6.45, 7) is 1.44. The first-order valence-electron chi connectivity index (χ1n) is 7.77. The van der Waals surface area contributed by atoms with E-state index in [-0.39, 0.29) is 28.8 Å². The van der Waals surface area contributed by atoms with Gasteiger partial charge in [-0.2, -0.15) is 4.31 Å². The summed E-state index contributed by atoms with van der Waals surface area (Å²) in [7, 11) is -3.84. The topological polar surface area (TPSA) is 104 Å². The molecule has 1 N–H and O–H groups in total. The van der Waals surface area contributed by atoms with Crippen molar-refractivity contribution >= 4 is 33.0 Å². The van der Waals surface area contributed by atoms with Crippen molar-refractivity contribution in [3.8, 4) is 5.75 Å². The van der Waals surface area contributed by atoms with Crippen LogP contribution in [0.4, 0.5) is 11.4 Å². The molecule has 138 valence electrons. The molecule has 0 atom stereocenters. The van der Waals surface area contributed by atoms with Crippen LogP contribution in [0.3, 0.4) is 0 Å². The number of phenolic OH excluding ortho intramolecular Hbond substituents is 1. The van der Waals surface area contributed by atoms with Gasteiger partial charge in [0.1, 0.15) is 10.8 Å². The van der Waals surface area contributed by atoms with Gasteiger partial charge in [-0.25, -0.2) is 8.42 Å². The van der Waals surface area contributed by atoms with Crippen LogP contribution in [0.2, 0.25) is 5.02 Å². The average molecular weight is 398 g/mol. The summed E-state index contributed by atoms with van der Waals surface area (Å²) >= 11 is 5.75. The molecule has 0 bridgehead atoms. The van der Waals surface area contributed by atoms with Crippen LogP contribution >= 0.6 is 11.6 Å². The van der Waals surface area contributed by atoms with E-state index in [0.29, 0.717) is 13.1 Å². The second-order valence-corrected chi connectivity index (χ2v) is 8.12. The zero-order valence-electron chi connectivity index (χ0n) is 13.6. The molecule has 1 heterocycles. The third kappa shape index (κ3) is 3.59. The Morgan fingerprint density at radius 3 is 2.23 bits per heavy atom. The van der Waals surface area contributed by atoms with Gasteiger partial charge in [0.05, 0.1) is 9.82 Å². The molecule has 1 aliphatic heterocycles. The highest BCUT2D eigenvalue weighted by Gasteiger charge is 2.30. The fourth-order valence-corrected chi connectivity index (χ4v) is 4.42. The highest BCUT2D eigenvalue weighted by Crippen LogP contribution is 2.29. The molecular weight excluding hydrogens is 382 g/mol. The van der Waals surface area contributed by atoms with E-state index in [1.807, 2.05) is 4.90 Å². The molecule has 0 unspecified atom stereocenters. The van der Waals surface area contributed by atoms with Crippen molar-refractivity contribution in [3.63, 3.8) is 0 Å². The Bertz CT molecular complexity index is 925. The molecule has 1 saturated heterocycles. The number of phenols is 1. The molecule has 0 amide bonds. The van der Waals surface area contributed by atoms with Crippen LogP contribution in [0, 0.1) is 10.1 Å². The second-order valence-electron chi connectivity index (χ2n) is 5.78. The maximum Gasteiger partial charge on any atom is 0.289 e. The summed E-state index contributed by atoms with van der Waals surface area (Å²) in [6, 6.07) is 10.2. The lowest BCUT2D eigenvalue weighted by molar-refractivity contribution is -0.384. The number of aromatic hydroxyl groups is 1. The van der Waals surface area contributed by atoms with E-state index in [1.165, 1.54) is 16.4 Å². The van der Waals surface area contributed by atoms with Gasteiger partial charge in [-0.05, 0) is 36.4 Å². The van der Waals surface area contributed by atoms with Gasteiger partial charge in [0.2, 0.25) is 10.0 Å². The van der Waals surface area contributed by atoms with Gasteiger partial charge < -0.3 is 10.0 Å². The van der Waals surface area contributed by atoms with E-state index < -0.39 is 20.6 Å². The Labute approximate surface area is 155 Å². The zero-order valence-corrected chi connectivity index (χ0v) is 15.2. The van der Waals surface area contributed by atoms with Crippen molar-refractivity contribution in [2.75, 3.05) is 31.1 Å². The number of rotatable bonds is 4. The van der Waals surface area contributed by atoms with Gasteiger partial charge in [0.15, 0.2) is 0 Å². The number of sulfonamides is 1. The Morgan fingerprint density at radius 1 is 1.04 bits per heavy atom. The van der Waals surface area contributed by atoms with E-state index in [2.05, 4.69) is 0 Å². The molecule has 1 fully saturated rings. The van der Waals surface area contributed by atoms with Crippen molar-refractivity contribution in [2.24, 2.45) is 0 Å². The molecule has 0 saturated carbocycles. The molecule has 0 aromatic heterocycles. The van der Waals surface area contributed by atoms with Crippen LogP contribution in [-0.4, -0.2) is 48.9 Å². The highest BCUT2D eigenvalue weighted by molar-refractivity contribution is 7.89. The van der Waals surface area contributed by atoms with E-state index in [0.717, 1.165) is 11.8 Å². The number of piperazine rings is 1. The highest BCUT2D eigenvalue weighted by atomic mass is 35.5. The summed E-state index contributed by atoms with van der Waals surface area (Å²) in [5.74, 6) is 0.166. The van der Waals surface area contributed by atoms with Gasteiger partial charge in [-0.1, -0.05) is 11.6 Å². The lowest BCUT2D eigenvalue weighted by Crippen LogP contribution is -2.48. The Balaban J connectivity index is 1.77. The first-order valence-corrected chi connectivity index (χ1v) is 9.59. The fourth-order valence-electron chi connectivity index (χ4n) is 2.79. The molecule has 3 rings (SSSR count). The van der Waals surface area contributed by atoms with Crippen LogP contribution in [0.25, 0.3) is 0 Å². The molecular formula is C16H16ClN3O5S. The number of hydrogen-bond acceptors (Lipinski definition) is 6. The normalized spacial score (nSPS) is 15.8. The third-order valence-corrected chi connectivity index (χ3v) is 6.42. The minimum atomic E-state index is -3.84. The second kappa shape index (κ2) is 7.10. The monoisotopic (exact) mass is 397 g/mol. The maximum absolute atomic E-state index is 12.8. The predicted octanol–water partition coefficient (Wildman–Crippen LogP) is 2.46. The standard InChI is InChI=1S/C16H16ClN3O5S/c17-15-6-5-14(11-16(15)20(22)23)26(24,25)19-9-7-18(8-10-19)12-1-3-13(21)4-2-12/h1-6,11,21H,7-10H2. The Hall–Kier alpha value is -2.36. The Kier molecular flexibility index (Phi) is 5.03. The lowest BCUT2D eigenvalue weighted by atomic mass is 10.2. The van der Waals surface area contributed by atoms with Crippen molar-refractivity contribution in [2.45, 2.75) is 4.90 Å². The number of benzene rings is 2. The van der Waals surface area contributed by atoms with Gasteiger partial charge in [-0.15, -0.1) is 0 Å². The number of nitrogens with zero attached hydrogens (tertiary/aromatic N) is 3. The first kappa shape index (κ1) is 18.4. The van der Waals surface area contributed by atoms with Crippen LogP contribution in [0.15, 0.2) is 47.4 Å². The smallest absolute Gasteiger partial charge is 0.289 e. The van der Waals surface area contributed by atoms with Crippen LogP contribution in [-0.2, 0) is 10.0 Å². The van der Waals surface area contributed by atoms with Gasteiger partial charge in [0.25, 0.3) is 5.69 Å². The molecule has 2 aromatic carbocycles. The minimum Gasteiger partial charge on any atom is -0.508 e. The SMILES string of the molecule is O=[N+]([O-])c1cc(S(=O)(=O)N2CCN(c3ccc(O)cc3)CC2)ccc1Cl. The molecule has 0 radical (unpaired) electrons. The van der Waals surface area contributed by atoms with Crippen molar-refractivity contribution < 1.29 is 18.4 Å². The van der Waals surface area contributed by atoms with E-state index in [4.69, 9.17) is 11.6 Å². The van der Waals surface area contributed by atoms with E-state index in [1.54, 1.807) is 24.3 Å². The van der Waals surface area contributed by atoms with Gasteiger partial charge in [-0.3, -0.25) is 10.1 Å².